The Labute approximate surface area is 95.5 Å². The zero-order chi connectivity index (χ0) is 11.6. The zero-order valence-electron chi connectivity index (χ0n) is 9.59. The fourth-order valence-corrected chi connectivity index (χ4v) is 2.37. The molecule has 0 saturated carbocycles. The van der Waals surface area contributed by atoms with E-state index in [9.17, 15) is 9.50 Å². The van der Waals surface area contributed by atoms with E-state index >= 15 is 0 Å². The maximum atomic E-state index is 13.2. The summed E-state index contributed by atoms with van der Waals surface area (Å²) in [5.74, 6) is -0.195. The average molecular weight is 223 g/mol. The van der Waals surface area contributed by atoms with Crippen LogP contribution >= 0.6 is 0 Å². The second-order valence-corrected chi connectivity index (χ2v) is 4.83. The molecule has 0 aliphatic carbocycles. The number of hydrogen-bond donors (Lipinski definition) is 2. The smallest absolute Gasteiger partial charge is 0.123 e. The van der Waals surface area contributed by atoms with Crippen LogP contribution in [0.4, 0.5) is 4.39 Å². The molecule has 0 spiro atoms. The third-order valence-corrected chi connectivity index (χ3v) is 3.54. The molecule has 0 aromatic heterocycles. The maximum absolute atomic E-state index is 13.2. The molecule has 1 aromatic rings. The van der Waals surface area contributed by atoms with Crippen LogP contribution in [0.1, 0.15) is 17.5 Å². The SMILES string of the molecule is Cc1ccc(F)cc1CC1(CO)CCNC1. The van der Waals surface area contributed by atoms with Gasteiger partial charge in [0.05, 0.1) is 6.61 Å². The summed E-state index contributed by atoms with van der Waals surface area (Å²) in [5.41, 5.74) is 2.01. The number of nitrogens with one attached hydrogen (secondary N) is 1. The highest BCUT2D eigenvalue weighted by Gasteiger charge is 2.33. The second kappa shape index (κ2) is 4.52. The molecule has 1 heterocycles. The Balaban J connectivity index is 2.21. The normalized spacial score (nSPS) is 24.9. The molecule has 2 rings (SSSR count). The standard InChI is InChI=1S/C13H18FNO/c1-10-2-3-12(14)6-11(10)7-13(9-16)4-5-15-8-13/h2-3,6,15-16H,4-5,7-9H2,1H3. The Bertz CT molecular complexity index is 372. The third-order valence-electron chi connectivity index (χ3n) is 3.54. The molecule has 2 nitrogen and oxygen atoms in total. The molecule has 1 aromatic carbocycles. The first-order valence-corrected chi connectivity index (χ1v) is 5.72. The number of aliphatic hydroxyl groups is 1. The van der Waals surface area contributed by atoms with Gasteiger partial charge in [0.2, 0.25) is 0 Å². The van der Waals surface area contributed by atoms with E-state index < -0.39 is 0 Å². The van der Waals surface area contributed by atoms with Gasteiger partial charge < -0.3 is 10.4 Å². The van der Waals surface area contributed by atoms with Gasteiger partial charge in [0.1, 0.15) is 5.82 Å². The molecule has 16 heavy (non-hydrogen) atoms. The van der Waals surface area contributed by atoms with Crippen molar-refractivity contribution in [1.82, 2.24) is 5.32 Å². The van der Waals surface area contributed by atoms with Gasteiger partial charge in [-0.15, -0.1) is 0 Å². The summed E-state index contributed by atoms with van der Waals surface area (Å²) in [5, 5.41) is 12.8. The monoisotopic (exact) mass is 223 g/mol. The minimum atomic E-state index is -0.195. The van der Waals surface area contributed by atoms with Gasteiger partial charge >= 0.3 is 0 Å². The molecule has 0 amide bonds. The fraction of sp³-hybridized carbons (Fsp3) is 0.538. The Hall–Kier alpha value is -0.930. The predicted molar refractivity (Wildman–Crippen MR) is 61.8 cm³/mol. The zero-order valence-corrected chi connectivity index (χ0v) is 9.59. The van der Waals surface area contributed by atoms with Crippen molar-refractivity contribution in [2.45, 2.75) is 19.8 Å². The van der Waals surface area contributed by atoms with Crippen molar-refractivity contribution in [2.75, 3.05) is 19.7 Å². The number of rotatable bonds is 3. The highest BCUT2D eigenvalue weighted by molar-refractivity contribution is 5.28. The first-order valence-electron chi connectivity index (χ1n) is 5.72. The lowest BCUT2D eigenvalue weighted by Crippen LogP contribution is -2.31. The van der Waals surface area contributed by atoms with Gasteiger partial charge in [-0.1, -0.05) is 6.07 Å². The minimum Gasteiger partial charge on any atom is -0.396 e. The van der Waals surface area contributed by atoms with Gasteiger partial charge in [-0.3, -0.25) is 0 Å². The first-order chi connectivity index (χ1) is 7.65. The molecule has 0 radical (unpaired) electrons. The summed E-state index contributed by atoms with van der Waals surface area (Å²) in [7, 11) is 0. The van der Waals surface area contributed by atoms with Crippen molar-refractivity contribution in [3.63, 3.8) is 0 Å². The molecule has 1 unspecified atom stereocenters. The van der Waals surface area contributed by atoms with Gasteiger partial charge in [-0.2, -0.15) is 0 Å². The summed E-state index contributed by atoms with van der Waals surface area (Å²) in [6, 6.07) is 4.88. The Morgan fingerprint density at radius 2 is 2.31 bits per heavy atom. The summed E-state index contributed by atoms with van der Waals surface area (Å²) >= 11 is 0. The van der Waals surface area contributed by atoms with Gasteiger partial charge in [-0.25, -0.2) is 4.39 Å². The highest BCUT2D eigenvalue weighted by atomic mass is 19.1. The number of aliphatic hydroxyl groups excluding tert-OH is 1. The molecule has 2 N–H and O–H groups in total. The fourth-order valence-electron chi connectivity index (χ4n) is 2.37. The summed E-state index contributed by atoms with van der Waals surface area (Å²) in [6.07, 6.45) is 1.71. The third kappa shape index (κ3) is 2.25. The van der Waals surface area contributed by atoms with Crippen LogP contribution < -0.4 is 5.32 Å². The molecule has 3 heteroatoms. The second-order valence-electron chi connectivity index (χ2n) is 4.83. The summed E-state index contributed by atoms with van der Waals surface area (Å²) < 4.78 is 13.2. The van der Waals surface area contributed by atoms with Gasteiger partial charge in [0, 0.05) is 12.0 Å². The van der Waals surface area contributed by atoms with Crippen LogP contribution in [0.3, 0.4) is 0 Å². The Morgan fingerprint density at radius 1 is 1.50 bits per heavy atom. The highest BCUT2D eigenvalue weighted by Crippen LogP contribution is 2.30. The van der Waals surface area contributed by atoms with Crippen LogP contribution in [0.25, 0.3) is 0 Å². The van der Waals surface area contributed by atoms with E-state index in [1.807, 2.05) is 6.92 Å². The largest absolute Gasteiger partial charge is 0.396 e. The molecule has 1 aliphatic heterocycles. The summed E-state index contributed by atoms with van der Waals surface area (Å²) in [4.78, 5) is 0. The van der Waals surface area contributed by atoms with E-state index in [1.165, 1.54) is 6.07 Å². The van der Waals surface area contributed by atoms with Crippen molar-refractivity contribution >= 4 is 0 Å². The lowest BCUT2D eigenvalue weighted by atomic mass is 9.80. The first kappa shape index (κ1) is 11.6. The van der Waals surface area contributed by atoms with Crippen LogP contribution in [0.15, 0.2) is 18.2 Å². The van der Waals surface area contributed by atoms with Gasteiger partial charge in [0.25, 0.3) is 0 Å². The van der Waals surface area contributed by atoms with E-state index in [4.69, 9.17) is 0 Å². The van der Waals surface area contributed by atoms with E-state index in [2.05, 4.69) is 5.32 Å². The molecular weight excluding hydrogens is 205 g/mol. The van der Waals surface area contributed by atoms with Crippen molar-refractivity contribution in [2.24, 2.45) is 5.41 Å². The molecule has 1 atom stereocenters. The van der Waals surface area contributed by atoms with Crippen LogP contribution in [0.2, 0.25) is 0 Å². The average Bonchev–Trinajstić information content (AvgIpc) is 2.73. The van der Waals surface area contributed by atoms with E-state index in [-0.39, 0.29) is 17.8 Å². The summed E-state index contributed by atoms with van der Waals surface area (Å²) in [6.45, 7) is 3.91. The number of benzene rings is 1. The number of hydrogen-bond acceptors (Lipinski definition) is 2. The topological polar surface area (TPSA) is 32.3 Å². The number of aryl methyl sites for hydroxylation is 1. The lowest BCUT2D eigenvalue weighted by molar-refractivity contribution is 0.142. The van der Waals surface area contributed by atoms with E-state index in [0.717, 1.165) is 37.1 Å². The molecule has 88 valence electrons. The lowest BCUT2D eigenvalue weighted by Gasteiger charge is -2.26. The molecular formula is C13H18FNO. The maximum Gasteiger partial charge on any atom is 0.123 e. The molecule has 1 aliphatic rings. The van der Waals surface area contributed by atoms with Crippen molar-refractivity contribution < 1.29 is 9.50 Å². The molecule has 1 fully saturated rings. The van der Waals surface area contributed by atoms with Crippen LogP contribution in [-0.4, -0.2) is 24.8 Å². The van der Waals surface area contributed by atoms with Crippen molar-refractivity contribution in [1.29, 1.82) is 0 Å². The van der Waals surface area contributed by atoms with Crippen molar-refractivity contribution in [3.05, 3.63) is 35.1 Å². The van der Waals surface area contributed by atoms with Gasteiger partial charge in [0.15, 0.2) is 0 Å². The van der Waals surface area contributed by atoms with Gasteiger partial charge in [-0.05, 0) is 49.6 Å². The number of halogens is 1. The minimum absolute atomic E-state index is 0.0987. The van der Waals surface area contributed by atoms with E-state index in [1.54, 1.807) is 12.1 Å². The van der Waals surface area contributed by atoms with Crippen LogP contribution in [0, 0.1) is 18.2 Å². The predicted octanol–water partition coefficient (Wildman–Crippen LogP) is 1.65. The van der Waals surface area contributed by atoms with Crippen LogP contribution in [-0.2, 0) is 6.42 Å². The van der Waals surface area contributed by atoms with E-state index in [0.29, 0.717) is 0 Å². The Kier molecular flexibility index (Phi) is 3.26. The Morgan fingerprint density at radius 3 is 2.94 bits per heavy atom. The quantitative estimate of drug-likeness (QED) is 0.816. The van der Waals surface area contributed by atoms with Crippen LogP contribution in [0.5, 0.6) is 0 Å². The van der Waals surface area contributed by atoms with Crippen molar-refractivity contribution in [3.8, 4) is 0 Å². The molecule has 0 bridgehead atoms. The molecule has 1 saturated heterocycles.